The molecule has 2 N–H and O–H groups in total. The molecule has 2 unspecified atom stereocenters. The number of H-pyrrole nitrogens is 1. The standard InChI is InChI=1S/C9H12N4O4/c1-13(8(14)7-10-4-11-12-7)6-3-17-2-5(6)9(15)16/h4-6H,2-3H2,1H3,(H,15,16)(H,10,11,12). The fourth-order valence-electron chi connectivity index (χ4n) is 1.79. The van der Waals surface area contributed by atoms with Gasteiger partial charge in [0, 0.05) is 7.05 Å². The Morgan fingerprint density at radius 1 is 1.59 bits per heavy atom. The van der Waals surface area contributed by atoms with Gasteiger partial charge in [-0.25, -0.2) is 4.98 Å². The van der Waals surface area contributed by atoms with Crippen molar-refractivity contribution in [3.63, 3.8) is 0 Å². The molecule has 8 nitrogen and oxygen atoms in total. The molecule has 8 heteroatoms. The maximum Gasteiger partial charge on any atom is 0.311 e. The fraction of sp³-hybridized carbons (Fsp3) is 0.556. The Balaban J connectivity index is 2.12. The smallest absolute Gasteiger partial charge is 0.311 e. The zero-order valence-electron chi connectivity index (χ0n) is 9.16. The molecule has 0 spiro atoms. The number of rotatable bonds is 3. The van der Waals surface area contributed by atoms with Crippen LogP contribution in [0.4, 0.5) is 0 Å². The molecule has 1 amide bonds. The lowest BCUT2D eigenvalue weighted by atomic mass is 10.0. The Bertz CT molecular complexity index is 419. The summed E-state index contributed by atoms with van der Waals surface area (Å²) in [6.07, 6.45) is 1.22. The van der Waals surface area contributed by atoms with Gasteiger partial charge in [-0.2, -0.15) is 5.10 Å². The lowest BCUT2D eigenvalue weighted by Gasteiger charge is -2.25. The number of aromatic amines is 1. The van der Waals surface area contributed by atoms with Crippen molar-refractivity contribution in [1.29, 1.82) is 0 Å². The number of aliphatic carboxylic acids is 1. The summed E-state index contributed by atoms with van der Waals surface area (Å²) in [5.41, 5.74) is 0. The summed E-state index contributed by atoms with van der Waals surface area (Å²) in [4.78, 5) is 27.9. The van der Waals surface area contributed by atoms with E-state index in [2.05, 4.69) is 15.2 Å². The lowest BCUT2D eigenvalue weighted by molar-refractivity contribution is -0.142. The molecule has 0 aliphatic carbocycles. The van der Waals surface area contributed by atoms with Crippen molar-refractivity contribution in [2.45, 2.75) is 6.04 Å². The molecule has 92 valence electrons. The Hall–Kier alpha value is -1.96. The summed E-state index contributed by atoms with van der Waals surface area (Å²) in [7, 11) is 1.53. The number of carboxylic acid groups (broad SMARTS) is 1. The maximum absolute atomic E-state index is 11.9. The monoisotopic (exact) mass is 240 g/mol. The molecule has 17 heavy (non-hydrogen) atoms. The Labute approximate surface area is 96.6 Å². The minimum atomic E-state index is -0.968. The molecule has 1 saturated heterocycles. The van der Waals surface area contributed by atoms with Crippen LogP contribution in [-0.4, -0.2) is 63.4 Å². The van der Waals surface area contributed by atoms with E-state index >= 15 is 0 Å². The second-order valence-electron chi connectivity index (χ2n) is 3.80. The molecular formula is C9H12N4O4. The quantitative estimate of drug-likeness (QED) is 0.699. The van der Waals surface area contributed by atoms with Crippen LogP contribution in [0.25, 0.3) is 0 Å². The summed E-state index contributed by atoms with van der Waals surface area (Å²) in [5.74, 6) is -1.98. The molecule has 1 aromatic rings. The van der Waals surface area contributed by atoms with Gasteiger partial charge in [0.25, 0.3) is 5.91 Å². The number of carbonyl (C=O) groups excluding carboxylic acids is 1. The van der Waals surface area contributed by atoms with Gasteiger partial charge in [0.1, 0.15) is 12.2 Å². The first-order chi connectivity index (χ1) is 8.11. The van der Waals surface area contributed by atoms with Crippen molar-refractivity contribution >= 4 is 11.9 Å². The Morgan fingerprint density at radius 3 is 2.94 bits per heavy atom. The number of hydrogen-bond acceptors (Lipinski definition) is 5. The predicted octanol–water partition coefficient (Wildman–Crippen LogP) is -1.02. The van der Waals surface area contributed by atoms with Crippen LogP contribution >= 0.6 is 0 Å². The van der Waals surface area contributed by atoms with Gasteiger partial charge in [0.2, 0.25) is 5.82 Å². The average Bonchev–Trinajstić information content (AvgIpc) is 2.97. The molecule has 2 atom stereocenters. The third-order valence-corrected chi connectivity index (χ3v) is 2.80. The highest BCUT2D eigenvalue weighted by atomic mass is 16.5. The minimum Gasteiger partial charge on any atom is -0.481 e. The highest BCUT2D eigenvalue weighted by molar-refractivity contribution is 5.90. The van der Waals surface area contributed by atoms with Crippen LogP contribution in [0.1, 0.15) is 10.6 Å². The SMILES string of the molecule is CN(C(=O)c1ncn[nH]1)C1COCC1C(=O)O. The average molecular weight is 240 g/mol. The number of hydrogen-bond donors (Lipinski definition) is 2. The van der Waals surface area contributed by atoms with Crippen LogP contribution < -0.4 is 0 Å². The van der Waals surface area contributed by atoms with E-state index in [-0.39, 0.29) is 19.0 Å². The lowest BCUT2D eigenvalue weighted by Crippen LogP contribution is -2.44. The number of amides is 1. The molecule has 1 aromatic heterocycles. The molecule has 2 heterocycles. The topological polar surface area (TPSA) is 108 Å². The maximum atomic E-state index is 11.9. The van der Waals surface area contributed by atoms with Gasteiger partial charge in [0.05, 0.1) is 19.3 Å². The molecule has 0 bridgehead atoms. The first-order valence-corrected chi connectivity index (χ1v) is 5.04. The summed E-state index contributed by atoms with van der Waals surface area (Å²) < 4.78 is 5.10. The van der Waals surface area contributed by atoms with Crippen LogP contribution in [-0.2, 0) is 9.53 Å². The van der Waals surface area contributed by atoms with E-state index in [9.17, 15) is 9.59 Å². The van der Waals surface area contributed by atoms with E-state index in [1.165, 1.54) is 18.3 Å². The van der Waals surface area contributed by atoms with Crippen molar-refractivity contribution in [3.8, 4) is 0 Å². The van der Waals surface area contributed by atoms with E-state index in [0.717, 1.165) is 0 Å². The Kier molecular flexibility index (Phi) is 3.05. The predicted molar refractivity (Wildman–Crippen MR) is 54.2 cm³/mol. The van der Waals surface area contributed by atoms with Crippen LogP contribution in [0, 0.1) is 5.92 Å². The number of nitrogens with one attached hydrogen (secondary N) is 1. The molecule has 1 aliphatic rings. The largest absolute Gasteiger partial charge is 0.481 e. The van der Waals surface area contributed by atoms with Crippen LogP contribution in [0.3, 0.4) is 0 Å². The number of ether oxygens (including phenoxy) is 1. The molecule has 1 aliphatic heterocycles. The number of likely N-dealkylation sites (N-methyl/N-ethyl adjacent to an activating group) is 1. The Morgan fingerprint density at radius 2 is 2.35 bits per heavy atom. The number of nitrogens with zero attached hydrogens (tertiary/aromatic N) is 3. The normalized spacial score (nSPS) is 23.6. The molecule has 2 rings (SSSR count). The highest BCUT2D eigenvalue weighted by Gasteiger charge is 2.39. The van der Waals surface area contributed by atoms with Gasteiger partial charge in [-0.1, -0.05) is 0 Å². The van der Waals surface area contributed by atoms with Crippen LogP contribution in [0.5, 0.6) is 0 Å². The molecular weight excluding hydrogens is 228 g/mol. The van der Waals surface area contributed by atoms with Crippen molar-refractivity contribution in [2.75, 3.05) is 20.3 Å². The van der Waals surface area contributed by atoms with Crippen molar-refractivity contribution in [1.82, 2.24) is 20.1 Å². The van der Waals surface area contributed by atoms with Gasteiger partial charge in [-0.15, -0.1) is 0 Å². The molecule has 0 aromatic carbocycles. The zero-order valence-corrected chi connectivity index (χ0v) is 9.16. The third kappa shape index (κ3) is 2.11. The summed E-state index contributed by atoms with van der Waals surface area (Å²) >= 11 is 0. The zero-order chi connectivity index (χ0) is 12.4. The van der Waals surface area contributed by atoms with Crippen LogP contribution in [0.15, 0.2) is 6.33 Å². The number of aromatic nitrogens is 3. The van der Waals surface area contributed by atoms with Gasteiger partial charge < -0.3 is 14.7 Å². The van der Waals surface area contributed by atoms with Gasteiger partial charge in [-0.3, -0.25) is 14.7 Å². The van der Waals surface area contributed by atoms with Gasteiger partial charge in [0.15, 0.2) is 0 Å². The first-order valence-electron chi connectivity index (χ1n) is 5.04. The van der Waals surface area contributed by atoms with Gasteiger partial charge >= 0.3 is 5.97 Å². The van der Waals surface area contributed by atoms with Crippen molar-refractivity contribution < 1.29 is 19.4 Å². The van der Waals surface area contributed by atoms with Crippen molar-refractivity contribution in [3.05, 3.63) is 12.2 Å². The summed E-state index contributed by atoms with van der Waals surface area (Å²) in [6, 6.07) is -0.481. The fourth-order valence-corrected chi connectivity index (χ4v) is 1.79. The van der Waals surface area contributed by atoms with E-state index in [0.29, 0.717) is 0 Å². The van der Waals surface area contributed by atoms with Crippen molar-refractivity contribution in [2.24, 2.45) is 5.92 Å². The first kappa shape index (κ1) is 11.5. The third-order valence-electron chi connectivity index (χ3n) is 2.80. The summed E-state index contributed by atoms with van der Waals surface area (Å²) in [6.45, 7) is 0.335. The minimum absolute atomic E-state index is 0.0866. The number of carbonyl (C=O) groups is 2. The molecule has 1 fully saturated rings. The van der Waals surface area contributed by atoms with E-state index in [1.807, 2.05) is 0 Å². The number of carboxylic acids is 1. The molecule has 0 saturated carbocycles. The van der Waals surface area contributed by atoms with Crippen LogP contribution in [0.2, 0.25) is 0 Å². The van der Waals surface area contributed by atoms with Gasteiger partial charge in [-0.05, 0) is 0 Å². The van der Waals surface area contributed by atoms with E-state index < -0.39 is 23.8 Å². The van der Waals surface area contributed by atoms with E-state index in [4.69, 9.17) is 9.84 Å². The van der Waals surface area contributed by atoms with E-state index in [1.54, 1.807) is 0 Å². The second kappa shape index (κ2) is 4.50. The molecule has 0 radical (unpaired) electrons. The summed E-state index contributed by atoms with van der Waals surface area (Å²) in [5, 5.41) is 15.0. The highest BCUT2D eigenvalue weighted by Crippen LogP contribution is 2.19. The second-order valence-corrected chi connectivity index (χ2v) is 3.80.